The van der Waals surface area contributed by atoms with Gasteiger partial charge in [-0.25, -0.2) is 14.6 Å². The molecule has 2 amide bonds. The van der Waals surface area contributed by atoms with Gasteiger partial charge in [0.1, 0.15) is 11.0 Å². The molecule has 7 heteroatoms. The predicted octanol–water partition coefficient (Wildman–Crippen LogP) is 2.49. The Labute approximate surface area is 128 Å². The minimum Gasteiger partial charge on any atom is -0.480 e. The Morgan fingerprint density at radius 1 is 1.57 bits per heavy atom. The van der Waals surface area contributed by atoms with E-state index in [1.54, 1.807) is 6.20 Å². The molecule has 2 heterocycles. The van der Waals surface area contributed by atoms with Gasteiger partial charge in [-0.15, -0.1) is 11.3 Å². The number of carbonyl (C=O) groups excluding carboxylic acids is 1. The first-order valence-corrected chi connectivity index (χ1v) is 7.90. The second-order valence-corrected chi connectivity index (χ2v) is 6.99. The molecule has 0 aliphatic carbocycles. The summed E-state index contributed by atoms with van der Waals surface area (Å²) in [5, 5.41) is 15.0. The van der Waals surface area contributed by atoms with Gasteiger partial charge < -0.3 is 15.3 Å². The number of urea groups is 1. The van der Waals surface area contributed by atoms with E-state index in [2.05, 4.69) is 10.3 Å². The van der Waals surface area contributed by atoms with E-state index in [0.717, 1.165) is 17.8 Å². The molecule has 1 aliphatic heterocycles. The second kappa shape index (κ2) is 6.01. The number of hydrogen-bond acceptors (Lipinski definition) is 4. The number of nitrogens with one attached hydrogen (secondary N) is 1. The average Bonchev–Trinajstić information content (AvgIpc) is 2.90. The Kier molecular flexibility index (Phi) is 4.51. The summed E-state index contributed by atoms with van der Waals surface area (Å²) in [6, 6.07) is -1.36. The number of nitrogens with zero attached hydrogens (tertiary/aromatic N) is 2. The van der Waals surface area contributed by atoms with E-state index in [9.17, 15) is 14.7 Å². The number of hydrogen-bond donors (Lipinski definition) is 2. The molecule has 2 rings (SSSR count). The van der Waals surface area contributed by atoms with Crippen molar-refractivity contribution in [2.24, 2.45) is 5.41 Å². The molecule has 1 fully saturated rings. The number of carboxylic acid groups (broad SMARTS) is 1. The van der Waals surface area contributed by atoms with Crippen molar-refractivity contribution in [2.75, 3.05) is 6.54 Å². The van der Waals surface area contributed by atoms with Gasteiger partial charge in [0, 0.05) is 18.1 Å². The highest BCUT2D eigenvalue weighted by molar-refractivity contribution is 7.09. The molecular formula is C14H21N3O3S. The molecule has 2 atom stereocenters. The fourth-order valence-electron chi connectivity index (χ4n) is 2.86. The first kappa shape index (κ1) is 15.8. The maximum Gasteiger partial charge on any atom is 0.327 e. The number of rotatable bonds is 3. The highest BCUT2D eigenvalue weighted by Gasteiger charge is 2.44. The van der Waals surface area contributed by atoms with Gasteiger partial charge in [0.15, 0.2) is 0 Å². The summed E-state index contributed by atoms with van der Waals surface area (Å²) in [6.07, 6.45) is 3.30. The fourth-order valence-corrected chi connectivity index (χ4v) is 3.50. The molecule has 116 valence electrons. The zero-order chi connectivity index (χ0) is 15.6. The minimum atomic E-state index is -0.947. The number of likely N-dealkylation sites (tertiary alicyclic amines) is 1. The van der Waals surface area contributed by atoms with E-state index < -0.39 is 17.4 Å². The van der Waals surface area contributed by atoms with Crippen LogP contribution in [0, 0.1) is 5.41 Å². The van der Waals surface area contributed by atoms with Crippen LogP contribution in [0.25, 0.3) is 0 Å². The third-order valence-electron chi connectivity index (χ3n) is 3.93. The van der Waals surface area contributed by atoms with Gasteiger partial charge in [-0.2, -0.15) is 0 Å². The number of amides is 2. The molecule has 1 aromatic heterocycles. The third kappa shape index (κ3) is 3.34. The summed E-state index contributed by atoms with van der Waals surface area (Å²) in [4.78, 5) is 29.6. The molecule has 0 spiro atoms. The topological polar surface area (TPSA) is 82.5 Å². The van der Waals surface area contributed by atoms with Gasteiger partial charge in [-0.3, -0.25) is 0 Å². The number of carboxylic acids is 1. The van der Waals surface area contributed by atoms with E-state index >= 15 is 0 Å². The quantitative estimate of drug-likeness (QED) is 0.898. The van der Waals surface area contributed by atoms with E-state index in [1.807, 2.05) is 26.2 Å². The molecule has 21 heavy (non-hydrogen) atoms. The summed E-state index contributed by atoms with van der Waals surface area (Å²) in [7, 11) is 0. The highest BCUT2D eigenvalue weighted by atomic mass is 32.1. The van der Waals surface area contributed by atoms with Gasteiger partial charge in [-0.05, 0) is 25.2 Å². The lowest BCUT2D eigenvalue weighted by Crippen LogP contribution is -2.58. The molecule has 1 aromatic rings. The molecule has 0 aromatic carbocycles. The van der Waals surface area contributed by atoms with Crippen molar-refractivity contribution in [2.45, 2.75) is 45.7 Å². The number of thiazole rings is 1. The zero-order valence-electron chi connectivity index (χ0n) is 12.5. The minimum absolute atomic E-state index is 0.225. The monoisotopic (exact) mass is 311 g/mol. The van der Waals surface area contributed by atoms with Crippen molar-refractivity contribution in [3.8, 4) is 0 Å². The summed E-state index contributed by atoms with van der Waals surface area (Å²) >= 11 is 1.47. The van der Waals surface area contributed by atoms with E-state index in [4.69, 9.17) is 0 Å². The second-order valence-electron chi connectivity index (χ2n) is 6.07. The maximum absolute atomic E-state index is 12.4. The van der Waals surface area contributed by atoms with Crippen molar-refractivity contribution in [1.82, 2.24) is 15.2 Å². The van der Waals surface area contributed by atoms with Crippen LogP contribution in [0.15, 0.2) is 11.6 Å². The summed E-state index contributed by atoms with van der Waals surface area (Å²) < 4.78 is 0. The zero-order valence-corrected chi connectivity index (χ0v) is 13.3. The van der Waals surface area contributed by atoms with E-state index in [0.29, 0.717) is 6.54 Å². The van der Waals surface area contributed by atoms with Gasteiger partial charge in [-0.1, -0.05) is 13.8 Å². The maximum atomic E-state index is 12.4. The van der Waals surface area contributed by atoms with Crippen LogP contribution in [-0.2, 0) is 4.79 Å². The van der Waals surface area contributed by atoms with Crippen molar-refractivity contribution < 1.29 is 14.7 Å². The Morgan fingerprint density at radius 2 is 2.29 bits per heavy atom. The van der Waals surface area contributed by atoms with Crippen LogP contribution in [0.3, 0.4) is 0 Å². The molecule has 1 saturated heterocycles. The lowest BCUT2D eigenvalue weighted by atomic mass is 9.76. The number of aliphatic carboxylic acids is 1. The van der Waals surface area contributed by atoms with E-state index in [1.165, 1.54) is 16.2 Å². The van der Waals surface area contributed by atoms with Crippen LogP contribution < -0.4 is 5.32 Å². The average molecular weight is 311 g/mol. The standard InChI is InChI=1S/C14H21N3O3S/c1-9(11-15-6-8-21-11)16-13(20)17-7-4-5-14(2,3)10(17)12(18)19/h6,8-10H,4-5,7H2,1-3H3,(H,16,20)(H,18,19). The van der Waals surface area contributed by atoms with Crippen LogP contribution in [0.1, 0.15) is 44.7 Å². The first-order valence-electron chi connectivity index (χ1n) is 7.02. The van der Waals surface area contributed by atoms with E-state index in [-0.39, 0.29) is 12.1 Å². The highest BCUT2D eigenvalue weighted by Crippen LogP contribution is 2.35. The van der Waals surface area contributed by atoms with Gasteiger partial charge in [0.05, 0.1) is 6.04 Å². The summed E-state index contributed by atoms with van der Waals surface area (Å²) in [6.45, 7) is 6.11. The molecule has 2 unspecified atom stereocenters. The molecular weight excluding hydrogens is 290 g/mol. The normalized spacial score (nSPS) is 22.6. The molecule has 0 radical (unpaired) electrons. The van der Waals surface area contributed by atoms with Crippen molar-refractivity contribution in [3.63, 3.8) is 0 Å². The molecule has 0 bridgehead atoms. The van der Waals surface area contributed by atoms with Gasteiger partial charge >= 0.3 is 12.0 Å². The van der Waals surface area contributed by atoms with Crippen LogP contribution in [0.5, 0.6) is 0 Å². The SMILES string of the molecule is CC(NC(=O)N1CCCC(C)(C)C1C(=O)O)c1nccs1. The van der Waals surface area contributed by atoms with Crippen molar-refractivity contribution >= 4 is 23.3 Å². The smallest absolute Gasteiger partial charge is 0.327 e. The number of carbonyl (C=O) groups is 2. The Hall–Kier alpha value is -1.63. The summed E-state index contributed by atoms with van der Waals surface area (Å²) in [5.41, 5.74) is -0.425. The fraction of sp³-hybridized carbons (Fsp3) is 0.643. The third-order valence-corrected chi connectivity index (χ3v) is 4.89. The summed E-state index contributed by atoms with van der Waals surface area (Å²) in [5.74, 6) is -0.947. The number of piperidine rings is 1. The van der Waals surface area contributed by atoms with Crippen LogP contribution in [0.4, 0.5) is 4.79 Å². The van der Waals surface area contributed by atoms with Crippen molar-refractivity contribution in [1.29, 1.82) is 0 Å². The Bertz CT molecular complexity index is 516. The Balaban J connectivity index is 2.11. The number of aromatic nitrogens is 1. The van der Waals surface area contributed by atoms with Crippen LogP contribution in [-0.4, -0.2) is 39.6 Å². The van der Waals surface area contributed by atoms with Gasteiger partial charge in [0.25, 0.3) is 0 Å². The lowest BCUT2D eigenvalue weighted by molar-refractivity contribution is -0.148. The molecule has 0 saturated carbocycles. The molecule has 2 N–H and O–H groups in total. The Morgan fingerprint density at radius 3 is 2.86 bits per heavy atom. The molecule has 1 aliphatic rings. The predicted molar refractivity (Wildman–Crippen MR) is 80.2 cm³/mol. The van der Waals surface area contributed by atoms with Gasteiger partial charge in [0.2, 0.25) is 0 Å². The first-order chi connectivity index (χ1) is 9.83. The largest absolute Gasteiger partial charge is 0.480 e. The van der Waals surface area contributed by atoms with Crippen LogP contribution in [0.2, 0.25) is 0 Å². The lowest BCUT2D eigenvalue weighted by Gasteiger charge is -2.44. The van der Waals surface area contributed by atoms with Crippen molar-refractivity contribution in [3.05, 3.63) is 16.6 Å². The molecule has 6 nitrogen and oxygen atoms in total. The van der Waals surface area contributed by atoms with Crippen LogP contribution >= 0.6 is 11.3 Å².